The lowest BCUT2D eigenvalue weighted by Crippen LogP contribution is -2.36. The molecule has 0 saturated carbocycles. The Bertz CT molecular complexity index is 2320. The summed E-state index contributed by atoms with van der Waals surface area (Å²) >= 11 is 0. The second-order valence-electron chi connectivity index (χ2n) is 11.6. The minimum Gasteiger partial charge on any atom is -0.486 e. The first kappa shape index (κ1) is 27.5. The van der Waals surface area contributed by atoms with E-state index >= 15 is 0 Å². The average molecular weight is 601 g/mol. The second-order valence-corrected chi connectivity index (χ2v) is 11.6. The Morgan fingerprint density at radius 2 is 1.00 bits per heavy atom. The van der Waals surface area contributed by atoms with E-state index in [1.54, 1.807) is 0 Å². The SMILES string of the molecule is CC(C)Oc1c(-c2c3nc(c(-c4ccccc4)c4ccc(cc5ccc([nH]5)c(-c5ccccc5)c5nc2C=C5)[nH]4)C=C3)c(=O)c1=O. The lowest BCUT2D eigenvalue weighted by Gasteiger charge is -2.16. The monoisotopic (exact) mass is 600 g/mol. The van der Waals surface area contributed by atoms with Crippen LogP contribution in [-0.2, 0) is 0 Å². The molecule has 0 amide bonds. The van der Waals surface area contributed by atoms with Crippen LogP contribution in [-0.4, -0.2) is 26.0 Å². The highest BCUT2D eigenvalue weighted by molar-refractivity contribution is 5.97. The van der Waals surface area contributed by atoms with Crippen LogP contribution in [0.3, 0.4) is 0 Å². The zero-order valence-corrected chi connectivity index (χ0v) is 25.2. The van der Waals surface area contributed by atoms with E-state index in [4.69, 9.17) is 14.7 Å². The molecule has 0 atom stereocenters. The van der Waals surface area contributed by atoms with Gasteiger partial charge in [-0.1, -0.05) is 60.7 Å². The first-order valence-electron chi connectivity index (χ1n) is 15.2. The first-order valence-corrected chi connectivity index (χ1v) is 15.2. The maximum Gasteiger partial charge on any atom is 0.268 e. The van der Waals surface area contributed by atoms with Gasteiger partial charge in [-0.2, -0.15) is 0 Å². The van der Waals surface area contributed by atoms with Gasteiger partial charge in [0.2, 0.25) is 5.43 Å². The topological polar surface area (TPSA) is 101 Å². The molecule has 222 valence electrons. The molecule has 2 aliphatic heterocycles. The van der Waals surface area contributed by atoms with Crippen LogP contribution < -0.4 is 15.6 Å². The maximum atomic E-state index is 13.3. The van der Waals surface area contributed by atoms with E-state index in [1.807, 2.05) is 123 Å². The molecular weight excluding hydrogens is 572 g/mol. The largest absolute Gasteiger partial charge is 0.486 e. The second kappa shape index (κ2) is 10.8. The number of nitrogens with one attached hydrogen (secondary N) is 2. The molecule has 0 spiro atoms. The van der Waals surface area contributed by atoms with Gasteiger partial charge >= 0.3 is 0 Å². The Labute approximate surface area is 263 Å². The van der Waals surface area contributed by atoms with Gasteiger partial charge in [0.25, 0.3) is 5.43 Å². The average Bonchev–Trinajstić information content (AvgIpc) is 3.90. The maximum absolute atomic E-state index is 13.3. The Balaban J connectivity index is 1.55. The van der Waals surface area contributed by atoms with Crippen molar-refractivity contribution in [2.45, 2.75) is 20.0 Å². The number of hydrogen-bond donors (Lipinski definition) is 2. The fourth-order valence-electron chi connectivity index (χ4n) is 6.16. The van der Waals surface area contributed by atoms with Crippen LogP contribution in [0.15, 0.2) is 101 Å². The minimum atomic E-state index is -0.635. The van der Waals surface area contributed by atoms with Crippen molar-refractivity contribution in [1.82, 2.24) is 19.9 Å². The third kappa shape index (κ3) is 4.61. The lowest BCUT2D eigenvalue weighted by molar-refractivity contribution is 0.238. The molecular formula is C39H28N4O3. The van der Waals surface area contributed by atoms with Crippen molar-refractivity contribution in [3.63, 3.8) is 0 Å². The molecule has 2 N–H and O–H groups in total. The summed E-state index contributed by atoms with van der Waals surface area (Å²) < 4.78 is 5.90. The first-order chi connectivity index (χ1) is 22.4. The summed E-state index contributed by atoms with van der Waals surface area (Å²) in [5, 5.41) is 0. The lowest BCUT2D eigenvalue weighted by atomic mass is 9.97. The summed E-state index contributed by atoms with van der Waals surface area (Å²) in [5.74, 6) is 0.0524. The molecule has 6 aromatic rings. The number of hydrogen-bond acceptors (Lipinski definition) is 5. The van der Waals surface area contributed by atoms with E-state index < -0.39 is 10.9 Å². The van der Waals surface area contributed by atoms with Crippen molar-refractivity contribution >= 4 is 46.4 Å². The minimum absolute atomic E-state index is 0.0524. The van der Waals surface area contributed by atoms with Crippen LogP contribution >= 0.6 is 0 Å². The van der Waals surface area contributed by atoms with Gasteiger partial charge < -0.3 is 14.7 Å². The van der Waals surface area contributed by atoms with E-state index in [0.717, 1.165) is 55.7 Å². The van der Waals surface area contributed by atoms with Gasteiger partial charge in [0.05, 0.1) is 34.4 Å². The van der Waals surface area contributed by atoms with Gasteiger partial charge in [0.1, 0.15) is 0 Å². The molecule has 0 radical (unpaired) electrons. The Morgan fingerprint density at radius 1 is 0.543 bits per heavy atom. The van der Waals surface area contributed by atoms with Gasteiger partial charge in [-0.15, -0.1) is 0 Å². The Hall–Kier alpha value is -6.08. The van der Waals surface area contributed by atoms with Crippen LogP contribution in [0.25, 0.3) is 79.8 Å². The van der Waals surface area contributed by atoms with E-state index in [1.165, 1.54) is 0 Å². The van der Waals surface area contributed by atoms with Crippen LogP contribution in [0, 0.1) is 0 Å². The van der Waals surface area contributed by atoms with E-state index in [2.05, 4.69) is 16.0 Å². The molecule has 2 aliphatic rings. The molecule has 0 fully saturated rings. The summed E-state index contributed by atoms with van der Waals surface area (Å²) in [5.41, 5.74) is 9.36. The van der Waals surface area contributed by atoms with Crippen molar-refractivity contribution in [3.8, 4) is 39.1 Å². The predicted molar refractivity (Wildman–Crippen MR) is 186 cm³/mol. The molecule has 0 saturated heterocycles. The smallest absolute Gasteiger partial charge is 0.268 e. The standard InChI is InChI=1S/C39H28N4O3/c1-22(2)46-39-36(37(44)38(39)45)35-31-19-17-29(42-31)33(23-9-5-3-6-10-23)27-15-13-25(40-27)21-26-14-16-28(41-26)34(24-11-7-4-8-12-24)30-18-20-32(35)43-30/h3-22,40-41H,1-2H3. The molecule has 7 nitrogen and oxygen atoms in total. The Morgan fingerprint density at radius 3 is 1.46 bits per heavy atom. The fourth-order valence-corrected chi connectivity index (χ4v) is 6.16. The summed E-state index contributed by atoms with van der Waals surface area (Å²) in [6.45, 7) is 3.66. The van der Waals surface area contributed by atoms with Crippen molar-refractivity contribution in [2.75, 3.05) is 0 Å². The van der Waals surface area contributed by atoms with E-state index in [-0.39, 0.29) is 17.4 Å². The van der Waals surface area contributed by atoms with E-state index in [9.17, 15) is 9.59 Å². The summed E-state index contributed by atoms with van der Waals surface area (Å²) in [6.07, 6.45) is 7.35. The molecule has 8 bridgehead atoms. The quantitative estimate of drug-likeness (QED) is 0.195. The van der Waals surface area contributed by atoms with Crippen molar-refractivity contribution in [1.29, 1.82) is 0 Å². The number of aromatic amines is 2. The number of fused-ring (bicyclic) bond motifs is 8. The van der Waals surface area contributed by atoms with Crippen molar-refractivity contribution in [2.24, 2.45) is 0 Å². The van der Waals surface area contributed by atoms with E-state index in [0.29, 0.717) is 17.0 Å². The number of nitrogens with zero attached hydrogens (tertiary/aromatic N) is 2. The number of aromatic nitrogens is 4. The third-order valence-electron chi connectivity index (χ3n) is 8.17. The zero-order valence-electron chi connectivity index (χ0n) is 25.2. The molecule has 0 aliphatic carbocycles. The summed E-state index contributed by atoms with van der Waals surface area (Å²) in [4.78, 5) is 43.5. The van der Waals surface area contributed by atoms with Crippen LogP contribution in [0.5, 0.6) is 5.75 Å². The normalized spacial score (nSPS) is 12.3. The molecule has 8 rings (SSSR count). The number of H-pyrrole nitrogens is 2. The number of benzene rings is 2. The summed E-state index contributed by atoms with van der Waals surface area (Å²) in [6, 6.07) is 30.4. The molecule has 5 heterocycles. The number of rotatable bonds is 5. The number of ether oxygens (including phenoxy) is 1. The summed E-state index contributed by atoms with van der Waals surface area (Å²) in [7, 11) is 0. The van der Waals surface area contributed by atoms with Gasteiger partial charge in [-0.25, -0.2) is 9.97 Å². The van der Waals surface area contributed by atoms with Gasteiger partial charge in [0.15, 0.2) is 5.75 Å². The molecule has 7 heteroatoms. The highest BCUT2D eigenvalue weighted by Crippen LogP contribution is 2.38. The van der Waals surface area contributed by atoms with Crippen molar-refractivity contribution in [3.05, 3.63) is 134 Å². The van der Waals surface area contributed by atoms with Gasteiger partial charge in [0, 0.05) is 38.8 Å². The fraction of sp³-hybridized carbons (Fsp3) is 0.0769. The van der Waals surface area contributed by atoms with Crippen LogP contribution in [0.2, 0.25) is 0 Å². The van der Waals surface area contributed by atoms with Gasteiger partial charge in [-0.3, -0.25) is 9.59 Å². The van der Waals surface area contributed by atoms with Crippen molar-refractivity contribution < 1.29 is 4.74 Å². The molecule has 46 heavy (non-hydrogen) atoms. The molecule has 3 aromatic carbocycles. The van der Waals surface area contributed by atoms with Crippen LogP contribution in [0.4, 0.5) is 0 Å². The Kier molecular flexibility index (Phi) is 6.46. The molecule has 0 unspecified atom stereocenters. The highest BCUT2D eigenvalue weighted by atomic mass is 16.5. The predicted octanol–water partition coefficient (Wildman–Crippen LogP) is 8.04. The molecule has 3 aromatic heterocycles. The van der Waals surface area contributed by atoms with Crippen LogP contribution in [0.1, 0.15) is 36.6 Å². The third-order valence-corrected chi connectivity index (χ3v) is 8.17. The zero-order chi connectivity index (χ0) is 31.4. The highest BCUT2D eigenvalue weighted by Gasteiger charge is 2.30. The van der Waals surface area contributed by atoms with Gasteiger partial charge in [-0.05, 0) is 79.6 Å².